The molecule has 17 heavy (non-hydrogen) atoms. The van der Waals surface area contributed by atoms with E-state index in [-0.39, 0.29) is 0 Å². The summed E-state index contributed by atoms with van der Waals surface area (Å²) in [6, 6.07) is 1.29. The fourth-order valence-electron chi connectivity index (χ4n) is 4.07. The standard InChI is InChI=1S/C14H26N2O/c15-13-8-14(13)5-3-12(4-6-14)16-7-1-2-11(9-16)10-17/h11-13,17H,1-10,15H2. The number of nitrogens with zero attached hydrogens (tertiary/aromatic N) is 1. The minimum atomic E-state index is 0.373. The van der Waals surface area contributed by atoms with Crippen LogP contribution in [0.2, 0.25) is 0 Å². The predicted molar refractivity (Wildman–Crippen MR) is 68.7 cm³/mol. The average Bonchev–Trinajstić information content (AvgIpc) is 3.00. The third-order valence-corrected chi connectivity index (χ3v) is 5.53. The minimum Gasteiger partial charge on any atom is -0.396 e. The molecule has 2 aliphatic carbocycles. The average molecular weight is 238 g/mol. The molecular weight excluding hydrogens is 212 g/mol. The molecule has 3 rings (SSSR count). The van der Waals surface area contributed by atoms with Gasteiger partial charge in [0.05, 0.1) is 0 Å². The van der Waals surface area contributed by atoms with Crippen LogP contribution in [-0.2, 0) is 0 Å². The van der Waals surface area contributed by atoms with Gasteiger partial charge in [-0.3, -0.25) is 0 Å². The van der Waals surface area contributed by atoms with Crippen molar-refractivity contribution in [2.24, 2.45) is 17.1 Å². The van der Waals surface area contributed by atoms with Crippen molar-refractivity contribution < 1.29 is 5.11 Å². The number of piperidine rings is 1. The van der Waals surface area contributed by atoms with E-state index < -0.39 is 0 Å². The molecule has 1 saturated heterocycles. The quantitative estimate of drug-likeness (QED) is 0.763. The summed E-state index contributed by atoms with van der Waals surface area (Å²) in [7, 11) is 0. The Morgan fingerprint density at radius 1 is 1.24 bits per heavy atom. The van der Waals surface area contributed by atoms with Crippen molar-refractivity contribution in [3.05, 3.63) is 0 Å². The van der Waals surface area contributed by atoms with E-state index in [1.165, 1.54) is 51.5 Å². The normalized spacial score (nSPS) is 47.3. The lowest BCUT2D eigenvalue weighted by molar-refractivity contribution is 0.0612. The Labute approximate surface area is 104 Å². The van der Waals surface area contributed by atoms with E-state index in [2.05, 4.69) is 4.90 Å². The van der Waals surface area contributed by atoms with Crippen molar-refractivity contribution in [2.45, 2.75) is 57.0 Å². The summed E-state index contributed by atoms with van der Waals surface area (Å²) >= 11 is 0. The lowest BCUT2D eigenvalue weighted by Gasteiger charge is -2.41. The third-order valence-electron chi connectivity index (χ3n) is 5.53. The molecule has 1 aliphatic heterocycles. The van der Waals surface area contributed by atoms with Gasteiger partial charge in [0.2, 0.25) is 0 Å². The van der Waals surface area contributed by atoms with E-state index in [1.54, 1.807) is 0 Å². The Morgan fingerprint density at radius 3 is 2.53 bits per heavy atom. The molecule has 3 heteroatoms. The Balaban J connectivity index is 1.52. The number of hydrogen-bond acceptors (Lipinski definition) is 3. The largest absolute Gasteiger partial charge is 0.396 e. The molecule has 2 unspecified atom stereocenters. The number of aliphatic hydroxyl groups is 1. The van der Waals surface area contributed by atoms with Crippen molar-refractivity contribution in [1.29, 1.82) is 0 Å². The predicted octanol–water partition coefficient (Wildman–Crippen LogP) is 1.35. The van der Waals surface area contributed by atoms with E-state index in [0.29, 0.717) is 24.0 Å². The zero-order chi connectivity index (χ0) is 11.9. The van der Waals surface area contributed by atoms with Crippen LogP contribution < -0.4 is 5.73 Å². The van der Waals surface area contributed by atoms with Crippen LogP contribution in [0.5, 0.6) is 0 Å². The lowest BCUT2D eigenvalue weighted by atomic mass is 9.81. The van der Waals surface area contributed by atoms with E-state index in [9.17, 15) is 5.11 Å². The van der Waals surface area contributed by atoms with Gasteiger partial charge < -0.3 is 15.7 Å². The molecule has 0 aromatic rings. The number of nitrogens with two attached hydrogens (primary N) is 1. The highest BCUT2D eigenvalue weighted by Gasteiger charge is 2.53. The molecule has 0 amide bonds. The molecule has 0 bridgehead atoms. The van der Waals surface area contributed by atoms with E-state index in [1.807, 2.05) is 0 Å². The first-order chi connectivity index (χ1) is 8.23. The number of likely N-dealkylation sites (tertiary alicyclic amines) is 1. The van der Waals surface area contributed by atoms with Crippen LogP contribution in [0.25, 0.3) is 0 Å². The highest BCUT2D eigenvalue weighted by atomic mass is 16.3. The first-order valence-corrected chi connectivity index (χ1v) is 7.34. The summed E-state index contributed by atoms with van der Waals surface area (Å²) in [6.07, 6.45) is 9.13. The van der Waals surface area contributed by atoms with Crippen molar-refractivity contribution in [3.8, 4) is 0 Å². The molecule has 1 spiro atoms. The van der Waals surface area contributed by atoms with Crippen LogP contribution in [-0.4, -0.2) is 41.8 Å². The molecule has 3 aliphatic rings. The van der Waals surface area contributed by atoms with Crippen LogP contribution in [0.15, 0.2) is 0 Å². The fourth-order valence-corrected chi connectivity index (χ4v) is 4.07. The Hall–Kier alpha value is -0.120. The SMILES string of the molecule is NC1CC12CCC(N1CCCC(CO)C1)CC2. The van der Waals surface area contributed by atoms with E-state index in [4.69, 9.17) is 5.73 Å². The second-order valence-corrected chi connectivity index (χ2v) is 6.59. The maximum atomic E-state index is 9.29. The summed E-state index contributed by atoms with van der Waals surface area (Å²) in [6.45, 7) is 2.75. The van der Waals surface area contributed by atoms with Crippen molar-refractivity contribution in [1.82, 2.24) is 4.90 Å². The van der Waals surface area contributed by atoms with Crippen LogP contribution in [0.4, 0.5) is 0 Å². The van der Waals surface area contributed by atoms with Crippen molar-refractivity contribution in [3.63, 3.8) is 0 Å². The third kappa shape index (κ3) is 2.25. The fraction of sp³-hybridized carbons (Fsp3) is 1.00. The van der Waals surface area contributed by atoms with Gasteiger partial charge in [0.25, 0.3) is 0 Å². The number of aliphatic hydroxyl groups excluding tert-OH is 1. The molecule has 0 aromatic carbocycles. The smallest absolute Gasteiger partial charge is 0.0471 e. The molecule has 3 fully saturated rings. The maximum Gasteiger partial charge on any atom is 0.0471 e. The van der Waals surface area contributed by atoms with Gasteiger partial charge in [-0.25, -0.2) is 0 Å². The second-order valence-electron chi connectivity index (χ2n) is 6.59. The van der Waals surface area contributed by atoms with Crippen molar-refractivity contribution >= 4 is 0 Å². The van der Waals surface area contributed by atoms with Crippen LogP contribution in [0, 0.1) is 11.3 Å². The Morgan fingerprint density at radius 2 is 1.94 bits per heavy atom. The zero-order valence-corrected chi connectivity index (χ0v) is 10.8. The molecule has 98 valence electrons. The second kappa shape index (κ2) is 4.52. The van der Waals surface area contributed by atoms with Gasteiger partial charge >= 0.3 is 0 Å². The van der Waals surface area contributed by atoms with Gasteiger partial charge in [0.1, 0.15) is 0 Å². The zero-order valence-electron chi connectivity index (χ0n) is 10.8. The summed E-state index contributed by atoms with van der Waals surface area (Å²) in [5.74, 6) is 0.530. The van der Waals surface area contributed by atoms with Crippen LogP contribution in [0.1, 0.15) is 44.9 Å². The van der Waals surface area contributed by atoms with Gasteiger partial charge in [0.15, 0.2) is 0 Å². The van der Waals surface area contributed by atoms with Gasteiger partial charge in [-0.05, 0) is 62.8 Å². The van der Waals surface area contributed by atoms with Gasteiger partial charge in [-0.1, -0.05) is 0 Å². The van der Waals surface area contributed by atoms with Crippen LogP contribution >= 0.6 is 0 Å². The molecule has 3 nitrogen and oxygen atoms in total. The molecule has 2 atom stereocenters. The molecule has 1 heterocycles. The van der Waals surface area contributed by atoms with E-state index >= 15 is 0 Å². The van der Waals surface area contributed by atoms with Crippen molar-refractivity contribution in [2.75, 3.05) is 19.7 Å². The van der Waals surface area contributed by atoms with Gasteiger partial charge in [-0.2, -0.15) is 0 Å². The maximum absolute atomic E-state index is 9.29. The molecule has 0 radical (unpaired) electrons. The minimum absolute atomic E-state index is 0.373. The Kier molecular flexibility index (Phi) is 3.18. The molecular formula is C14H26N2O. The summed E-state index contributed by atoms with van der Waals surface area (Å²) in [4.78, 5) is 2.64. The Bertz CT molecular complexity index is 273. The van der Waals surface area contributed by atoms with Gasteiger partial charge in [-0.15, -0.1) is 0 Å². The number of rotatable bonds is 2. The van der Waals surface area contributed by atoms with Gasteiger partial charge in [0, 0.05) is 25.2 Å². The molecule has 3 N–H and O–H groups in total. The highest BCUT2D eigenvalue weighted by Crippen LogP contribution is 2.55. The summed E-state index contributed by atoms with van der Waals surface area (Å²) in [5.41, 5.74) is 6.61. The topological polar surface area (TPSA) is 49.5 Å². The highest BCUT2D eigenvalue weighted by molar-refractivity contribution is 5.08. The monoisotopic (exact) mass is 238 g/mol. The van der Waals surface area contributed by atoms with E-state index in [0.717, 1.165) is 12.6 Å². The summed E-state index contributed by atoms with van der Waals surface area (Å²) in [5, 5.41) is 9.29. The molecule has 0 aromatic heterocycles. The number of hydrogen-bond donors (Lipinski definition) is 2. The summed E-state index contributed by atoms with van der Waals surface area (Å²) < 4.78 is 0. The van der Waals surface area contributed by atoms with Crippen LogP contribution in [0.3, 0.4) is 0 Å². The first-order valence-electron chi connectivity index (χ1n) is 7.34. The lowest BCUT2D eigenvalue weighted by Crippen LogP contribution is -2.45. The molecule has 2 saturated carbocycles. The first kappa shape index (κ1) is 11.9.